The highest BCUT2D eigenvalue weighted by atomic mass is 19.4. The molecule has 168 valence electrons. The fourth-order valence-electron chi connectivity index (χ4n) is 3.46. The van der Waals surface area contributed by atoms with Crippen molar-refractivity contribution in [2.75, 3.05) is 13.7 Å². The number of methoxy groups -OCH3 is 1. The topological polar surface area (TPSA) is 72.5 Å². The van der Waals surface area contributed by atoms with Gasteiger partial charge in [-0.25, -0.2) is 9.78 Å². The second-order valence-electron chi connectivity index (χ2n) is 7.47. The van der Waals surface area contributed by atoms with Gasteiger partial charge in [0.2, 0.25) is 5.88 Å². The smallest absolute Gasteiger partial charge is 0.417 e. The van der Waals surface area contributed by atoms with Gasteiger partial charge < -0.3 is 20.1 Å². The van der Waals surface area contributed by atoms with Crippen LogP contribution in [0.2, 0.25) is 0 Å². The number of nitrogens with one attached hydrogen (secondary N) is 2. The first-order chi connectivity index (χ1) is 14.8. The minimum Gasteiger partial charge on any atom is -0.497 e. The van der Waals surface area contributed by atoms with Crippen LogP contribution in [-0.2, 0) is 12.6 Å². The van der Waals surface area contributed by atoms with Crippen molar-refractivity contribution >= 4 is 6.03 Å². The van der Waals surface area contributed by atoms with E-state index in [4.69, 9.17) is 9.47 Å². The fourth-order valence-corrected chi connectivity index (χ4v) is 3.46. The molecule has 2 N–H and O–H groups in total. The van der Waals surface area contributed by atoms with Gasteiger partial charge in [0.25, 0.3) is 0 Å². The van der Waals surface area contributed by atoms with Crippen molar-refractivity contribution in [3.05, 3.63) is 53.7 Å². The van der Waals surface area contributed by atoms with Crippen molar-refractivity contribution in [2.45, 2.75) is 50.4 Å². The molecule has 1 aliphatic carbocycles. The molecule has 31 heavy (non-hydrogen) atoms. The summed E-state index contributed by atoms with van der Waals surface area (Å²) in [5, 5.41) is 5.83. The molecular formula is C22H26F3N3O3. The normalized spacial score (nSPS) is 18.8. The summed E-state index contributed by atoms with van der Waals surface area (Å²) in [5.74, 6) is 0.976. The molecule has 0 radical (unpaired) electrons. The Kier molecular flexibility index (Phi) is 7.59. The van der Waals surface area contributed by atoms with E-state index in [1.165, 1.54) is 6.07 Å². The number of carbonyl (C=O) groups is 1. The van der Waals surface area contributed by atoms with E-state index in [2.05, 4.69) is 15.6 Å². The number of urea groups is 1. The number of hydrogen-bond acceptors (Lipinski definition) is 4. The number of ether oxygens (including phenoxy) is 2. The number of pyridine rings is 1. The molecular weight excluding hydrogens is 411 g/mol. The largest absolute Gasteiger partial charge is 0.497 e. The zero-order valence-corrected chi connectivity index (χ0v) is 17.2. The van der Waals surface area contributed by atoms with Crippen LogP contribution in [0.4, 0.5) is 18.0 Å². The van der Waals surface area contributed by atoms with Crippen molar-refractivity contribution in [1.29, 1.82) is 0 Å². The maximum atomic E-state index is 12.6. The first-order valence-corrected chi connectivity index (χ1v) is 10.2. The van der Waals surface area contributed by atoms with Crippen molar-refractivity contribution in [2.24, 2.45) is 0 Å². The molecule has 1 heterocycles. The summed E-state index contributed by atoms with van der Waals surface area (Å²) < 4.78 is 48.6. The van der Waals surface area contributed by atoms with Crippen molar-refractivity contribution in [1.82, 2.24) is 15.6 Å². The van der Waals surface area contributed by atoms with Gasteiger partial charge in [-0.05, 0) is 55.9 Å². The Morgan fingerprint density at radius 2 is 1.81 bits per heavy atom. The average Bonchev–Trinajstić information content (AvgIpc) is 2.75. The fraction of sp³-hybridized carbons (Fsp3) is 0.455. The average molecular weight is 437 g/mol. The van der Waals surface area contributed by atoms with Gasteiger partial charge in [0, 0.05) is 24.8 Å². The molecule has 3 rings (SSSR count). The standard InChI is InChI=1S/C22H26F3N3O3/c1-30-18-7-2-15(3-8-18)12-13-26-21(29)28-17-5-9-19(10-6-17)31-20-11-4-16(14-27-20)22(23,24)25/h2-4,7-8,11,14,17,19H,5-6,9-10,12-13H2,1H3,(H2,26,28,29). The van der Waals surface area contributed by atoms with Gasteiger partial charge in [0.05, 0.1) is 12.7 Å². The Balaban J connectivity index is 1.34. The predicted molar refractivity (Wildman–Crippen MR) is 109 cm³/mol. The molecule has 0 spiro atoms. The zero-order valence-electron chi connectivity index (χ0n) is 17.2. The highest BCUT2D eigenvalue weighted by molar-refractivity contribution is 5.74. The minimum absolute atomic E-state index is 0.0430. The molecule has 2 amide bonds. The third-order valence-corrected chi connectivity index (χ3v) is 5.22. The van der Waals surface area contributed by atoms with Crippen LogP contribution in [0.1, 0.15) is 36.8 Å². The number of aromatic nitrogens is 1. The lowest BCUT2D eigenvalue weighted by Crippen LogP contribution is -2.45. The van der Waals surface area contributed by atoms with E-state index >= 15 is 0 Å². The zero-order chi connectivity index (χ0) is 22.3. The van der Waals surface area contributed by atoms with Gasteiger partial charge >= 0.3 is 12.2 Å². The molecule has 0 unspecified atom stereocenters. The number of benzene rings is 1. The quantitative estimate of drug-likeness (QED) is 0.676. The van der Waals surface area contributed by atoms with Crippen molar-refractivity contribution in [3.63, 3.8) is 0 Å². The van der Waals surface area contributed by atoms with Gasteiger partial charge in [-0.3, -0.25) is 0 Å². The van der Waals surface area contributed by atoms with Crippen LogP contribution >= 0.6 is 0 Å². The van der Waals surface area contributed by atoms with Gasteiger partial charge in [0.1, 0.15) is 11.9 Å². The molecule has 1 fully saturated rings. The van der Waals surface area contributed by atoms with Crippen LogP contribution in [0, 0.1) is 0 Å². The van der Waals surface area contributed by atoms with E-state index in [-0.39, 0.29) is 24.1 Å². The van der Waals surface area contributed by atoms with E-state index in [0.717, 1.165) is 42.8 Å². The van der Waals surface area contributed by atoms with Crippen LogP contribution < -0.4 is 20.1 Å². The summed E-state index contributed by atoms with van der Waals surface area (Å²) in [6.45, 7) is 0.524. The summed E-state index contributed by atoms with van der Waals surface area (Å²) in [7, 11) is 1.62. The maximum absolute atomic E-state index is 12.6. The van der Waals surface area contributed by atoms with Gasteiger partial charge in [-0.2, -0.15) is 13.2 Å². The summed E-state index contributed by atoms with van der Waals surface area (Å²) in [6.07, 6.45) is -0.185. The first-order valence-electron chi connectivity index (χ1n) is 10.2. The van der Waals surface area contributed by atoms with Gasteiger partial charge in [-0.15, -0.1) is 0 Å². The number of halogens is 3. The lowest BCUT2D eigenvalue weighted by molar-refractivity contribution is -0.137. The number of alkyl halides is 3. The van der Waals surface area contributed by atoms with E-state index in [0.29, 0.717) is 19.4 Å². The van der Waals surface area contributed by atoms with Crippen LogP contribution in [0.25, 0.3) is 0 Å². The maximum Gasteiger partial charge on any atom is 0.417 e. The Morgan fingerprint density at radius 3 is 2.39 bits per heavy atom. The van der Waals surface area contributed by atoms with Crippen LogP contribution in [-0.4, -0.2) is 36.8 Å². The predicted octanol–water partition coefficient (Wildman–Crippen LogP) is 4.34. The number of hydrogen-bond donors (Lipinski definition) is 2. The molecule has 1 aromatic heterocycles. The second kappa shape index (κ2) is 10.4. The molecule has 0 atom stereocenters. The van der Waals surface area contributed by atoms with Crippen LogP contribution in [0.3, 0.4) is 0 Å². The molecule has 1 aliphatic rings. The molecule has 0 aliphatic heterocycles. The summed E-state index contributed by atoms with van der Waals surface area (Å²) in [4.78, 5) is 15.9. The second-order valence-corrected chi connectivity index (χ2v) is 7.47. The monoisotopic (exact) mass is 437 g/mol. The van der Waals surface area contributed by atoms with E-state index in [1.807, 2.05) is 24.3 Å². The van der Waals surface area contributed by atoms with E-state index < -0.39 is 11.7 Å². The SMILES string of the molecule is COc1ccc(CCNC(=O)NC2CCC(Oc3ccc(C(F)(F)F)cn3)CC2)cc1. The van der Waals surface area contributed by atoms with Crippen molar-refractivity contribution in [3.8, 4) is 11.6 Å². The summed E-state index contributed by atoms with van der Waals surface area (Å²) in [5.41, 5.74) is 0.307. The summed E-state index contributed by atoms with van der Waals surface area (Å²) >= 11 is 0. The Hall–Kier alpha value is -2.97. The molecule has 2 aromatic rings. The lowest BCUT2D eigenvalue weighted by atomic mass is 9.93. The molecule has 0 saturated heterocycles. The number of carbonyl (C=O) groups excluding carboxylic acids is 1. The Bertz CT molecular complexity index is 834. The van der Waals surface area contributed by atoms with Crippen LogP contribution in [0.5, 0.6) is 11.6 Å². The molecule has 1 saturated carbocycles. The number of rotatable bonds is 7. The highest BCUT2D eigenvalue weighted by Gasteiger charge is 2.31. The third kappa shape index (κ3) is 7.04. The van der Waals surface area contributed by atoms with E-state index in [9.17, 15) is 18.0 Å². The molecule has 6 nitrogen and oxygen atoms in total. The lowest BCUT2D eigenvalue weighted by Gasteiger charge is -2.29. The highest BCUT2D eigenvalue weighted by Crippen LogP contribution is 2.30. The molecule has 1 aromatic carbocycles. The first kappa shape index (κ1) is 22.7. The number of nitrogens with zero attached hydrogens (tertiary/aromatic N) is 1. The van der Waals surface area contributed by atoms with Gasteiger partial charge in [0.15, 0.2) is 0 Å². The molecule has 0 bridgehead atoms. The third-order valence-electron chi connectivity index (χ3n) is 5.22. The van der Waals surface area contributed by atoms with Crippen LogP contribution in [0.15, 0.2) is 42.6 Å². The molecule has 9 heteroatoms. The minimum atomic E-state index is -4.41. The van der Waals surface area contributed by atoms with Crippen molar-refractivity contribution < 1.29 is 27.4 Å². The number of amides is 2. The summed E-state index contributed by atoms with van der Waals surface area (Å²) in [6, 6.07) is 9.74. The van der Waals surface area contributed by atoms with E-state index in [1.54, 1.807) is 7.11 Å². The Morgan fingerprint density at radius 1 is 1.10 bits per heavy atom. The van der Waals surface area contributed by atoms with Gasteiger partial charge in [-0.1, -0.05) is 12.1 Å². The Labute approximate surface area is 179 Å².